The van der Waals surface area contributed by atoms with Crippen molar-refractivity contribution in [3.63, 3.8) is 0 Å². The van der Waals surface area contributed by atoms with Crippen LogP contribution in [0.2, 0.25) is 0 Å². The topological polar surface area (TPSA) is 99.0 Å². The van der Waals surface area contributed by atoms with Gasteiger partial charge in [-0.25, -0.2) is 4.68 Å². The molecule has 1 aliphatic heterocycles. The molecule has 3 rings (SSSR count). The average Bonchev–Trinajstić information content (AvgIpc) is 2.97. The smallest absolute Gasteiger partial charge is 0.251 e. The van der Waals surface area contributed by atoms with E-state index < -0.39 is 6.04 Å². The van der Waals surface area contributed by atoms with Crippen molar-refractivity contribution in [3.8, 4) is 17.1 Å². The molecule has 2 aromatic rings. The maximum Gasteiger partial charge on any atom is 0.251 e. The zero-order chi connectivity index (χ0) is 14.8. The lowest BCUT2D eigenvalue weighted by molar-refractivity contribution is -0.136. The van der Waals surface area contributed by atoms with Crippen LogP contribution in [0.5, 0.6) is 5.75 Å². The number of pyridine rings is 1. The number of methoxy groups -OCH3 is 1. The highest BCUT2D eigenvalue weighted by molar-refractivity contribution is 5.99. The molecule has 8 nitrogen and oxygen atoms in total. The first-order valence-corrected chi connectivity index (χ1v) is 6.43. The van der Waals surface area contributed by atoms with Crippen LogP contribution in [0.25, 0.3) is 11.4 Å². The van der Waals surface area contributed by atoms with Gasteiger partial charge >= 0.3 is 0 Å². The van der Waals surface area contributed by atoms with Crippen LogP contribution < -0.4 is 10.1 Å². The Morgan fingerprint density at radius 1 is 1.33 bits per heavy atom. The third-order valence-corrected chi connectivity index (χ3v) is 3.27. The van der Waals surface area contributed by atoms with Gasteiger partial charge in [-0.2, -0.15) is 0 Å². The lowest BCUT2D eigenvalue weighted by Crippen LogP contribution is -2.41. The maximum atomic E-state index is 11.8. The van der Waals surface area contributed by atoms with E-state index in [9.17, 15) is 9.59 Å². The second kappa shape index (κ2) is 5.31. The molecule has 108 valence electrons. The van der Waals surface area contributed by atoms with Gasteiger partial charge in [-0.1, -0.05) is 5.21 Å². The highest BCUT2D eigenvalue weighted by Gasteiger charge is 2.29. The minimum Gasteiger partial charge on any atom is -0.495 e. The van der Waals surface area contributed by atoms with E-state index in [4.69, 9.17) is 4.74 Å². The summed E-state index contributed by atoms with van der Waals surface area (Å²) in [4.78, 5) is 27.1. The molecule has 0 aliphatic carbocycles. The number of nitrogens with zero attached hydrogens (tertiary/aromatic N) is 4. The summed E-state index contributed by atoms with van der Waals surface area (Å²) in [5.74, 6) is 0.0371. The molecule has 2 aromatic heterocycles. The number of aromatic nitrogens is 4. The molecule has 1 aliphatic rings. The number of imide groups is 1. The minimum absolute atomic E-state index is 0.256. The SMILES string of the molecule is COc1ccc(-c2cn(C3CCC(=O)NC3=O)nn2)nc1. The largest absolute Gasteiger partial charge is 0.495 e. The molecular weight excluding hydrogens is 274 g/mol. The van der Waals surface area contributed by atoms with Crippen molar-refractivity contribution in [3.05, 3.63) is 24.5 Å². The van der Waals surface area contributed by atoms with Gasteiger partial charge in [0.2, 0.25) is 5.91 Å². The van der Waals surface area contributed by atoms with E-state index >= 15 is 0 Å². The highest BCUT2D eigenvalue weighted by Crippen LogP contribution is 2.21. The third kappa shape index (κ3) is 2.60. The molecule has 0 bridgehead atoms. The molecule has 0 spiro atoms. The van der Waals surface area contributed by atoms with Crippen molar-refractivity contribution in [2.75, 3.05) is 7.11 Å². The van der Waals surface area contributed by atoms with Gasteiger partial charge in [-0.05, 0) is 18.6 Å². The molecule has 0 radical (unpaired) electrons. The van der Waals surface area contributed by atoms with Crippen molar-refractivity contribution in [2.45, 2.75) is 18.9 Å². The molecule has 1 N–H and O–H groups in total. The Labute approximate surface area is 120 Å². The van der Waals surface area contributed by atoms with Crippen LogP contribution in [0.15, 0.2) is 24.5 Å². The monoisotopic (exact) mass is 287 g/mol. The fourth-order valence-electron chi connectivity index (χ4n) is 2.13. The van der Waals surface area contributed by atoms with E-state index in [2.05, 4.69) is 20.6 Å². The Hall–Kier alpha value is -2.77. The summed E-state index contributed by atoms with van der Waals surface area (Å²) in [5.41, 5.74) is 1.19. The molecule has 3 heterocycles. The van der Waals surface area contributed by atoms with Gasteiger partial charge < -0.3 is 4.74 Å². The van der Waals surface area contributed by atoms with E-state index in [1.165, 1.54) is 4.68 Å². The number of carbonyl (C=O) groups is 2. The zero-order valence-electron chi connectivity index (χ0n) is 11.3. The summed E-state index contributed by atoms with van der Waals surface area (Å²) in [6.07, 6.45) is 3.95. The number of hydrogen-bond donors (Lipinski definition) is 1. The van der Waals surface area contributed by atoms with Crippen LogP contribution >= 0.6 is 0 Å². The summed E-state index contributed by atoms with van der Waals surface area (Å²) in [7, 11) is 1.57. The standard InChI is InChI=1S/C13H13N5O3/c1-21-8-2-3-9(14-6-8)10-7-18(17-16-10)11-4-5-12(19)15-13(11)20/h2-3,6-7,11H,4-5H2,1H3,(H,15,19,20). The minimum atomic E-state index is -0.512. The van der Waals surface area contributed by atoms with Crippen LogP contribution in [-0.4, -0.2) is 38.9 Å². The molecule has 8 heteroatoms. The Morgan fingerprint density at radius 2 is 2.19 bits per heavy atom. The molecule has 1 saturated heterocycles. The van der Waals surface area contributed by atoms with Crippen LogP contribution in [-0.2, 0) is 9.59 Å². The summed E-state index contributed by atoms with van der Waals surface area (Å²) in [6.45, 7) is 0. The summed E-state index contributed by atoms with van der Waals surface area (Å²) in [6, 6.07) is 3.02. The maximum absolute atomic E-state index is 11.8. The second-order valence-electron chi connectivity index (χ2n) is 4.63. The molecule has 1 fully saturated rings. The lowest BCUT2D eigenvalue weighted by atomic mass is 10.1. The molecule has 21 heavy (non-hydrogen) atoms. The molecule has 2 amide bonds. The van der Waals surface area contributed by atoms with Crippen molar-refractivity contribution in [1.82, 2.24) is 25.3 Å². The molecular formula is C13H13N5O3. The van der Waals surface area contributed by atoms with Gasteiger partial charge in [-0.15, -0.1) is 5.10 Å². The number of ether oxygens (including phenoxy) is 1. The molecule has 0 saturated carbocycles. The summed E-state index contributed by atoms with van der Waals surface area (Å²) in [5, 5.41) is 10.3. The predicted molar refractivity (Wildman–Crippen MR) is 71.2 cm³/mol. The third-order valence-electron chi connectivity index (χ3n) is 3.27. The van der Waals surface area contributed by atoms with E-state index in [-0.39, 0.29) is 11.8 Å². The molecule has 1 atom stereocenters. The second-order valence-corrected chi connectivity index (χ2v) is 4.63. The van der Waals surface area contributed by atoms with Gasteiger partial charge in [0, 0.05) is 6.42 Å². The van der Waals surface area contributed by atoms with E-state index in [0.717, 1.165) is 0 Å². The predicted octanol–water partition coefficient (Wildman–Crippen LogP) is 0.326. The Morgan fingerprint density at radius 3 is 2.86 bits per heavy atom. The fraction of sp³-hybridized carbons (Fsp3) is 0.308. The Bertz CT molecular complexity index is 679. The number of amides is 2. The van der Waals surface area contributed by atoms with Gasteiger partial charge in [0.15, 0.2) is 0 Å². The van der Waals surface area contributed by atoms with E-state index in [1.807, 2.05) is 0 Å². The number of nitrogens with one attached hydrogen (secondary N) is 1. The molecule has 1 unspecified atom stereocenters. The average molecular weight is 287 g/mol. The first kappa shape index (κ1) is 13.2. The number of carbonyl (C=O) groups excluding carboxylic acids is 2. The fourth-order valence-corrected chi connectivity index (χ4v) is 2.13. The Balaban J connectivity index is 1.82. The number of piperidine rings is 1. The zero-order valence-corrected chi connectivity index (χ0v) is 11.3. The summed E-state index contributed by atoms with van der Waals surface area (Å²) < 4.78 is 6.50. The molecule has 0 aromatic carbocycles. The van der Waals surface area contributed by atoms with E-state index in [0.29, 0.717) is 30.0 Å². The number of hydrogen-bond acceptors (Lipinski definition) is 6. The van der Waals surface area contributed by atoms with Crippen molar-refractivity contribution in [1.29, 1.82) is 0 Å². The summed E-state index contributed by atoms with van der Waals surface area (Å²) >= 11 is 0. The van der Waals surface area contributed by atoms with Crippen molar-refractivity contribution < 1.29 is 14.3 Å². The van der Waals surface area contributed by atoms with Crippen LogP contribution in [0.4, 0.5) is 0 Å². The normalized spacial score (nSPS) is 18.4. The van der Waals surface area contributed by atoms with Crippen molar-refractivity contribution >= 4 is 11.8 Å². The van der Waals surface area contributed by atoms with Crippen LogP contribution in [0.3, 0.4) is 0 Å². The van der Waals surface area contributed by atoms with Crippen molar-refractivity contribution in [2.24, 2.45) is 0 Å². The van der Waals surface area contributed by atoms with Crippen LogP contribution in [0, 0.1) is 0 Å². The van der Waals surface area contributed by atoms with Gasteiger partial charge in [-0.3, -0.25) is 19.9 Å². The van der Waals surface area contributed by atoms with E-state index in [1.54, 1.807) is 31.6 Å². The van der Waals surface area contributed by atoms with Crippen LogP contribution in [0.1, 0.15) is 18.9 Å². The lowest BCUT2D eigenvalue weighted by Gasteiger charge is -2.20. The Kier molecular flexibility index (Phi) is 3.35. The van der Waals surface area contributed by atoms with Gasteiger partial charge in [0.25, 0.3) is 5.91 Å². The first-order valence-electron chi connectivity index (χ1n) is 6.43. The van der Waals surface area contributed by atoms with Gasteiger partial charge in [0.05, 0.1) is 25.2 Å². The van der Waals surface area contributed by atoms with Gasteiger partial charge in [0.1, 0.15) is 17.5 Å². The first-order chi connectivity index (χ1) is 10.2. The highest BCUT2D eigenvalue weighted by atomic mass is 16.5. The quantitative estimate of drug-likeness (QED) is 0.816. The number of rotatable bonds is 3.